The van der Waals surface area contributed by atoms with Gasteiger partial charge in [0.1, 0.15) is 11.5 Å². The van der Waals surface area contributed by atoms with Crippen LogP contribution >= 0.6 is 0 Å². The average Bonchev–Trinajstić information content (AvgIpc) is 3.07. The Bertz CT molecular complexity index is 611. The molecule has 0 aliphatic heterocycles. The average molecular weight is 307 g/mol. The quantitative estimate of drug-likeness (QED) is 0.900. The van der Waals surface area contributed by atoms with Crippen LogP contribution in [-0.4, -0.2) is 38.3 Å². The van der Waals surface area contributed by atoms with Crippen LogP contribution < -0.4 is 14.4 Å². The zero-order valence-electron chi connectivity index (χ0n) is 13.4. The van der Waals surface area contributed by atoms with Crippen molar-refractivity contribution in [3.05, 3.63) is 18.2 Å². The van der Waals surface area contributed by atoms with Gasteiger partial charge in [0.15, 0.2) is 0 Å². The van der Waals surface area contributed by atoms with Crippen LogP contribution in [-0.2, 0) is 9.59 Å². The molecule has 1 amide bonds. The molecule has 0 spiro atoms. The lowest BCUT2D eigenvalue weighted by molar-refractivity contribution is -0.140. The van der Waals surface area contributed by atoms with Crippen LogP contribution in [0.15, 0.2) is 18.2 Å². The minimum Gasteiger partial charge on any atom is -0.497 e. The van der Waals surface area contributed by atoms with Crippen molar-refractivity contribution in [1.29, 1.82) is 0 Å². The zero-order valence-corrected chi connectivity index (χ0v) is 13.4. The Balaban J connectivity index is 2.27. The third kappa shape index (κ3) is 2.49. The van der Waals surface area contributed by atoms with Crippen LogP contribution in [0.1, 0.15) is 13.8 Å². The molecule has 2 atom stereocenters. The fourth-order valence-corrected chi connectivity index (χ4v) is 2.95. The van der Waals surface area contributed by atoms with Gasteiger partial charge in [-0.1, -0.05) is 13.8 Å². The zero-order chi connectivity index (χ0) is 16.7. The summed E-state index contributed by atoms with van der Waals surface area (Å²) in [4.78, 5) is 25.3. The van der Waals surface area contributed by atoms with Crippen LogP contribution in [0.3, 0.4) is 0 Å². The number of benzene rings is 1. The third-order valence-corrected chi connectivity index (χ3v) is 4.44. The van der Waals surface area contributed by atoms with Gasteiger partial charge in [0.25, 0.3) is 0 Å². The number of aliphatic carboxylic acids is 1. The van der Waals surface area contributed by atoms with Gasteiger partial charge in [-0.2, -0.15) is 0 Å². The van der Waals surface area contributed by atoms with E-state index >= 15 is 0 Å². The highest BCUT2D eigenvalue weighted by atomic mass is 16.5. The van der Waals surface area contributed by atoms with Crippen molar-refractivity contribution < 1.29 is 24.2 Å². The maximum atomic E-state index is 12.6. The SMILES string of the molecule is COc1ccc(N(C)C(=O)[C@@H]2[C@H](C(=O)O)C2(C)C)c(OC)c1. The number of nitrogens with zero attached hydrogens (tertiary/aromatic N) is 1. The summed E-state index contributed by atoms with van der Waals surface area (Å²) < 4.78 is 10.4. The molecule has 1 N–H and O–H groups in total. The summed E-state index contributed by atoms with van der Waals surface area (Å²) in [6.07, 6.45) is 0. The number of anilines is 1. The molecule has 1 aromatic rings. The van der Waals surface area contributed by atoms with E-state index in [1.165, 1.54) is 12.0 Å². The summed E-state index contributed by atoms with van der Waals surface area (Å²) in [6, 6.07) is 5.14. The van der Waals surface area contributed by atoms with E-state index < -0.39 is 23.2 Å². The molecule has 1 aromatic carbocycles. The van der Waals surface area contributed by atoms with E-state index in [1.54, 1.807) is 46.2 Å². The lowest BCUT2D eigenvalue weighted by Crippen LogP contribution is -2.30. The topological polar surface area (TPSA) is 76.1 Å². The maximum absolute atomic E-state index is 12.6. The van der Waals surface area contributed by atoms with Crippen molar-refractivity contribution in [3.8, 4) is 11.5 Å². The molecule has 1 saturated carbocycles. The van der Waals surface area contributed by atoms with E-state index in [-0.39, 0.29) is 5.91 Å². The minimum absolute atomic E-state index is 0.221. The second kappa shape index (κ2) is 5.51. The van der Waals surface area contributed by atoms with Gasteiger partial charge >= 0.3 is 5.97 Å². The number of hydrogen-bond acceptors (Lipinski definition) is 4. The van der Waals surface area contributed by atoms with Gasteiger partial charge < -0.3 is 19.5 Å². The fourth-order valence-electron chi connectivity index (χ4n) is 2.95. The number of carboxylic acids is 1. The Hall–Kier alpha value is -2.24. The lowest BCUT2D eigenvalue weighted by atomic mass is 10.1. The van der Waals surface area contributed by atoms with Gasteiger partial charge in [0, 0.05) is 13.1 Å². The van der Waals surface area contributed by atoms with E-state index in [0.717, 1.165) is 0 Å². The first kappa shape index (κ1) is 16.1. The highest BCUT2D eigenvalue weighted by Crippen LogP contribution is 2.59. The predicted molar refractivity (Wildman–Crippen MR) is 81.4 cm³/mol. The third-order valence-electron chi connectivity index (χ3n) is 4.44. The van der Waals surface area contributed by atoms with E-state index in [2.05, 4.69) is 0 Å². The first-order valence-corrected chi connectivity index (χ1v) is 6.98. The van der Waals surface area contributed by atoms with Crippen molar-refractivity contribution in [2.24, 2.45) is 17.3 Å². The van der Waals surface area contributed by atoms with Gasteiger partial charge in [0.05, 0.1) is 31.7 Å². The minimum atomic E-state index is -0.932. The Kier molecular flexibility index (Phi) is 4.04. The van der Waals surface area contributed by atoms with Crippen LogP contribution in [0.5, 0.6) is 11.5 Å². The molecule has 22 heavy (non-hydrogen) atoms. The van der Waals surface area contributed by atoms with E-state index in [9.17, 15) is 14.7 Å². The predicted octanol–water partition coefficient (Wildman–Crippen LogP) is 2.02. The Morgan fingerprint density at radius 2 is 1.82 bits per heavy atom. The normalized spacial score (nSPS) is 21.9. The number of rotatable bonds is 5. The summed E-state index contributed by atoms with van der Waals surface area (Å²) in [5.41, 5.74) is 0.0526. The van der Waals surface area contributed by atoms with Crippen molar-refractivity contribution in [3.63, 3.8) is 0 Å². The molecule has 0 saturated heterocycles. The summed E-state index contributed by atoms with van der Waals surface area (Å²) in [5.74, 6) is -1.20. The number of amides is 1. The van der Waals surface area contributed by atoms with Gasteiger partial charge in [-0.3, -0.25) is 9.59 Å². The van der Waals surface area contributed by atoms with E-state index in [1.807, 2.05) is 0 Å². The van der Waals surface area contributed by atoms with Crippen molar-refractivity contribution in [2.45, 2.75) is 13.8 Å². The molecular formula is C16H21NO5. The lowest BCUT2D eigenvalue weighted by Gasteiger charge is -2.21. The first-order chi connectivity index (χ1) is 10.3. The number of methoxy groups -OCH3 is 2. The molecule has 0 radical (unpaired) electrons. The van der Waals surface area contributed by atoms with Gasteiger partial charge in [-0.05, 0) is 17.5 Å². The molecular weight excluding hydrogens is 286 g/mol. The smallest absolute Gasteiger partial charge is 0.307 e. The summed E-state index contributed by atoms with van der Waals surface area (Å²) in [5, 5.41) is 9.22. The molecule has 2 rings (SSSR count). The molecule has 1 fully saturated rings. The van der Waals surface area contributed by atoms with Crippen molar-refractivity contribution in [1.82, 2.24) is 0 Å². The van der Waals surface area contributed by atoms with Gasteiger partial charge in [-0.25, -0.2) is 0 Å². The monoisotopic (exact) mass is 307 g/mol. The summed E-state index contributed by atoms with van der Waals surface area (Å²) >= 11 is 0. The first-order valence-electron chi connectivity index (χ1n) is 6.98. The highest BCUT2D eigenvalue weighted by molar-refractivity contribution is 6.02. The van der Waals surface area contributed by atoms with Crippen LogP contribution in [0.4, 0.5) is 5.69 Å². The molecule has 0 bridgehead atoms. The summed E-state index contributed by atoms with van der Waals surface area (Å²) in [6.45, 7) is 3.60. The largest absolute Gasteiger partial charge is 0.497 e. The number of hydrogen-bond donors (Lipinski definition) is 1. The van der Waals surface area contributed by atoms with Gasteiger partial charge in [0.2, 0.25) is 5.91 Å². The molecule has 0 heterocycles. The molecule has 1 aliphatic rings. The van der Waals surface area contributed by atoms with Crippen molar-refractivity contribution in [2.75, 3.05) is 26.2 Å². The van der Waals surface area contributed by atoms with Crippen LogP contribution in [0.2, 0.25) is 0 Å². The Morgan fingerprint density at radius 1 is 1.18 bits per heavy atom. The number of carbonyl (C=O) groups is 2. The van der Waals surface area contributed by atoms with Crippen molar-refractivity contribution >= 4 is 17.6 Å². The highest BCUT2D eigenvalue weighted by Gasteiger charge is 2.66. The number of carboxylic acid groups (broad SMARTS) is 1. The molecule has 120 valence electrons. The second-order valence-electron chi connectivity index (χ2n) is 6.05. The van der Waals surface area contributed by atoms with E-state index in [0.29, 0.717) is 17.2 Å². The van der Waals surface area contributed by atoms with Crippen LogP contribution in [0, 0.1) is 17.3 Å². The molecule has 1 aliphatic carbocycles. The molecule has 6 heteroatoms. The Morgan fingerprint density at radius 3 is 2.27 bits per heavy atom. The number of ether oxygens (including phenoxy) is 2. The maximum Gasteiger partial charge on any atom is 0.307 e. The Labute approximate surface area is 129 Å². The fraction of sp³-hybridized carbons (Fsp3) is 0.500. The molecule has 0 aromatic heterocycles. The second-order valence-corrected chi connectivity index (χ2v) is 6.05. The number of carbonyl (C=O) groups excluding carboxylic acids is 1. The summed E-state index contributed by atoms with van der Waals surface area (Å²) in [7, 11) is 4.69. The standard InChI is InChI=1S/C16H21NO5/c1-16(2)12(13(16)15(19)20)14(18)17(3)10-7-6-9(21-4)8-11(10)22-5/h6-8,12-13H,1-5H3,(H,19,20)/t12-,13+/m0/s1. The van der Waals surface area contributed by atoms with Gasteiger partial charge in [-0.15, -0.1) is 0 Å². The van der Waals surface area contributed by atoms with E-state index in [4.69, 9.17) is 9.47 Å². The molecule has 6 nitrogen and oxygen atoms in total. The van der Waals surface area contributed by atoms with Crippen LogP contribution in [0.25, 0.3) is 0 Å². The molecule has 0 unspecified atom stereocenters.